The van der Waals surface area contributed by atoms with E-state index >= 15 is 0 Å². The fourth-order valence-electron chi connectivity index (χ4n) is 2.77. The van der Waals surface area contributed by atoms with Crippen molar-refractivity contribution in [2.45, 2.75) is 6.92 Å². The van der Waals surface area contributed by atoms with Gasteiger partial charge < -0.3 is 15.1 Å². The van der Waals surface area contributed by atoms with Gasteiger partial charge in [-0.2, -0.15) is 5.10 Å². The largest absolute Gasteiger partial charge is 0.343 e. The highest BCUT2D eigenvalue weighted by Crippen LogP contribution is 2.10. The van der Waals surface area contributed by atoms with E-state index < -0.39 is 0 Å². The molecular formula is C17H20N6O3. The fourth-order valence-corrected chi connectivity index (χ4v) is 2.77. The summed E-state index contributed by atoms with van der Waals surface area (Å²) in [7, 11) is 0. The maximum Gasteiger partial charge on any atom is 0.257 e. The molecule has 3 rings (SSSR count). The van der Waals surface area contributed by atoms with Gasteiger partial charge in [-0.15, -0.1) is 0 Å². The third kappa shape index (κ3) is 3.88. The van der Waals surface area contributed by atoms with Crippen molar-refractivity contribution in [2.24, 2.45) is 0 Å². The molecule has 3 heterocycles. The molecule has 1 aliphatic heterocycles. The van der Waals surface area contributed by atoms with E-state index in [1.54, 1.807) is 28.9 Å². The van der Waals surface area contributed by atoms with E-state index in [0.29, 0.717) is 37.3 Å². The number of H-pyrrole nitrogens is 1. The lowest BCUT2D eigenvalue weighted by atomic mass is 10.2. The summed E-state index contributed by atoms with van der Waals surface area (Å²) in [4.78, 5) is 43.9. The Balaban J connectivity index is 1.47. The molecular weight excluding hydrogens is 336 g/mol. The summed E-state index contributed by atoms with van der Waals surface area (Å²) in [5.74, 6) is -0.571. The summed E-state index contributed by atoms with van der Waals surface area (Å²) in [6.45, 7) is 3.50. The first kappa shape index (κ1) is 17.6. The van der Waals surface area contributed by atoms with Crippen LogP contribution in [0.3, 0.4) is 0 Å². The number of nitrogens with one attached hydrogen (secondary N) is 2. The third-order valence-electron chi connectivity index (χ3n) is 4.32. The van der Waals surface area contributed by atoms with Gasteiger partial charge in [0.1, 0.15) is 0 Å². The van der Waals surface area contributed by atoms with Crippen LogP contribution in [0.25, 0.3) is 0 Å². The smallest absolute Gasteiger partial charge is 0.257 e. The number of carbonyl (C=O) groups excluding carboxylic acids is 3. The number of pyridine rings is 1. The molecule has 0 aliphatic carbocycles. The molecule has 26 heavy (non-hydrogen) atoms. The molecule has 0 bridgehead atoms. The van der Waals surface area contributed by atoms with Gasteiger partial charge in [0.15, 0.2) is 0 Å². The van der Waals surface area contributed by atoms with Crippen LogP contribution in [0.15, 0.2) is 30.7 Å². The van der Waals surface area contributed by atoms with Gasteiger partial charge in [0, 0.05) is 49.8 Å². The Kier molecular flexibility index (Phi) is 5.26. The van der Waals surface area contributed by atoms with Crippen LogP contribution in [-0.2, 0) is 4.79 Å². The summed E-state index contributed by atoms with van der Waals surface area (Å²) < 4.78 is 0. The number of hydrogen-bond acceptors (Lipinski definition) is 5. The molecule has 1 fully saturated rings. The fraction of sp³-hybridized carbons (Fsp3) is 0.353. The molecule has 1 saturated heterocycles. The highest BCUT2D eigenvalue weighted by Gasteiger charge is 2.26. The number of piperazine rings is 1. The Morgan fingerprint density at radius 3 is 2.38 bits per heavy atom. The average molecular weight is 356 g/mol. The Morgan fingerprint density at radius 2 is 1.77 bits per heavy atom. The Labute approximate surface area is 150 Å². The molecule has 0 unspecified atom stereocenters. The number of nitrogens with zero attached hydrogens (tertiary/aromatic N) is 4. The van der Waals surface area contributed by atoms with E-state index in [2.05, 4.69) is 20.5 Å². The standard InChI is InChI=1S/C17H20N6O3/c1-12-14(10-20-21-12)17(26)23-8-6-22(7-9-23)15(24)11-19-16(25)13-2-4-18-5-3-13/h2-5,10H,6-9,11H2,1H3,(H,19,25)(H,20,21). The van der Waals surface area contributed by atoms with Gasteiger partial charge in [0.25, 0.3) is 11.8 Å². The lowest BCUT2D eigenvalue weighted by Crippen LogP contribution is -2.52. The summed E-state index contributed by atoms with van der Waals surface area (Å²) in [6, 6.07) is 3.17. The molecule has 0 spiro atoms. The van der Waals surface area contributed by atoms with Crippen molar-refractivity contribution in [3.8, 4) is 0 Å². The Hall–Kier alpha value is -3.23. The van der Waals surface area contributed by atoms with Crippen molar-refractivity contribution < 1.29 is 14.4 Å². The highest BCUT2D eigenvalue weighted by molar-refractivity contribution is 5.96. The third-order valence-corrected chi connectivity index (χ3v) is 4.32. The SMILES string of the molecule is Cc1[nH]ncc1C(=O)N1CCN(C(=O)CNC(=O)c2ccncc2)CC1. The van der Waals surface area contributed by atoms with Crippen molar-refractivity contribution in [2.75, 3.05) is 32.7 Å². The normalized spacial score (nSPS) is 14.2. The summed E-state index contributed by atoms with van der Waals surface area (Å²) in [5, 5.41) is 9.22. The van der Waals surface area contributed by atoms with Crippen LogP contribution in [0.2, 0.25) is 0 Å². The van der Waals surface area contributed by atoms with Crippen LogP contribution in [-0.4, -0.2) is 75.4 Å². The van der Waals surface area contributed by atoms with Crippen molar-refractivity contribution >= 4 is 17.7 Å². The average Bonchev–Trinajstić information content (AvgIpc) is 3.12. The zero-order valence-electron chi connectivity index (χ0n) is 14.4. The van der Waals surface area contributed by atoms with Crippen molar-refractivity contribution in [1.29, 1.82) is 0 Å². The van der Waals surface area contributed by atoms with Crippen LogP contribution in [0.1, 0.15) is 26.4 Å². The maximum atomic E-state index is 12.4. The van der Waals surface area contributed by atoms with Crippen LogP contribution in [0.5, 0.6) is 0 Å². The molecule has 136 valence electrons. The van der Waals surface area contributed by atoms with Gasteiger partial charge in [-0.25, -0.2) is 0 Å². The Morgan fingerprint density at radius 1 is 1.12 bits per heavy atom. The van der Waals surface area contributed by atoms with Crippen molar-refractivity contribution in [3.05, 3.63) is 47.5 Å². The minimum Gasteiger partial charge on any atom is -0.343 e. The quantitative estimate of drug-likeness (QED) is 0.790. The zero-order chi connectivity index (χ0) is 18.5. The number of aryl methyl sites for hydroxylation is 1. The first-order chi connectivity index (χ1) is 12.6. The predicted molar refractivity (Wildman–Crippen MR) is 92.4 cm³/mol. The predicted octanol–water partition coefficient (Wildman–Crippen LogP) is -0.172. The first-order valence-electron chi connectivity index (χ1n) is 8.31. The molecule has 1 aliphatic rings. The molecule has 0 atom stereocenters. The second-order valence-electron chi connectivity index (χ2n) is 6.00. The van der Waals surface area contributed by atoms with Gasteiger partial charge in [-0.1, -0.05) is 0 Å². The molecule has 0 radical (unpaired) electrons. The van der Waals surface area contributed by atoms with Crippen LogP contribution >= 0.6 is 0 Å². The number of aromatic nitrogens is 3. The number of aromatic amines is 1. The second kappa shape index (κ2) is 7.77. The molecule has 3 amide bonds. The van der Waals surface area contributed by atoms with Gasteiger partial charge in [-0.05, 0) is 19.1 Å². The lowest BCUT2D eigenvalue weighted by molar-refractivity contribution is -0.131. The van der Waals surface area contributed by atoms with Crippen molar-refractivity contribution in [3.63, 3.8) is 0 Å². The number of amides is 3. The molecule has 0 saturated carbocycles. The zero-order valence-corrected chi connectivity index (χ0v) is 14.4. The molecule has 2 aromatic rings. The van der Waals surface area contributed by atoms with E-state index in [1.165, 1.54) is 18.6 Å². The summed E-state index contributed by atoms with van der Waals surface area (Å²) >= 11 is 0. The second-order valence-corrected chi connectivity index (χ2v) is 6.00. The van der Waals surface area contributed by atoms with E-state index in [0.717, 1.165) is 5.69 Å². The van der Waals surface area contributed by atoms with Gasteiger partial charge in [-0.3, -0.25) is 24.5 Å². The molecule has 2 aromatic heterocycles. The number of rotatable bonds is 4. The minimum atomic E-state index is -0.315. The van der Waals surface area contributed by atoms with E-state index in [4.69, 9.17) is 0 Å². The number of carbonyl (C=O) groups is 3. The highest BCUT2D eigenvalue weighted by atomic mass is 16.2. The van der Waals surface area contributed by atoms with E-state index in [1.807, 2.05) is 0 Å². The minimum absolute atomic E-state index is 0.0735. The lowest BCUT2D eigenvalue weighted by Gasteiger charge is -2.34. The van der Waals surface area contributed by atoms with Crippen LogP contribution in [0.4, 0.5) is 0 Å². The van der Waals surface area contributed by atoms with Gasteiger partial charge >= 0.3 is 0 Å². The molecule has 0 aromatic carbocycles. The van der Waals surface area contributed by atoms with E-state index in [-0.39, 0.29) is 24.3 Å². The number of hydrogen-bond donors (Lipinski definition) is 2. The molecule has 9 nitrogen and oxygen atoms in total. The van der Waals surface area contributed by atoms with Crippen LogP contribution in [0, 0.1) is 6.92 Å². The maximum absolute atomic E-state index is 12.4. The summed E-state index contributed by atoms with van der Waals surface area (Å²) in [6.07, 6.45) is 4.56. The van der Waals surface area contributed by atoms with E-state index in [9.17, 15) is 14.4 Å². The van der Waals surface area contributed by atoms with Gasteiger partial charge in [0.05, 0.1) is 18.3 Å². The monoisotopic (exact) mass is 356 g/mol. The first-order valence-corrected chi connectivity index (χ1v) is 8.31. The molecule has 9 heteroatoms. The van der Waals surface area contributed by atoms with Crippen molar-refractivity contribution in [1.82, 2.24) is 30.3 Å². The topological polar surface area (TPSA) is 111 Å². The van der Waals surface area contributed by atoms with Gasteiger partial charge in [0.2, 0.25) is 5.91 Å². The van der Waals surface area contributed by atoms with Crippen LogP contribution < -0.4 is 5.32 Å². The Bertz CT molecular complexity index is 796. The summed E-state index contributed by atoms with van der Waals surface area (Å²) in [5.41, 5.74) is 1.74. The molecule has 2 N–H and O–H groups in total.